The number of para-hydroxylation sites is 2. The van der Waals surface area contributed by atoms with Gasteiger partial charge in [-0.1, -0.05) is 114 Å². The smallest absolute Gasteiger partial charge is 0.0715 e. The second-order valence-corrected chi connectivity index (χ2v) is 10.0. The van der Waals surface area contributed by atoms with Crippen molar-refractivity contribution < 1.29 is 0 Å². The standard InChI is InChI=1S/C35H25BrN2/c1-3-12-24(4-2)32-21-27(22-33(37-32)25-13-6-5-7-14-25)26-19-28(36)23-29(20-26)38-34-17-10-8-15-30(34)31-16-9-11-18-35(31)38/h3-23H,1-2H2/b24-12+. The zero-order valence-electron chi connectivity index (χ0n) is 20.8. The highest BCUT2D eigenvalue weighted by atomic mass is 79.9. The van der Waals surface area contributed by atoms with Crippen molar-refractivity contribution in [3.05, 3.63) is 151 Å². The molecule has 0 N–H and O–H groups in total. The van der Waals surface area contributed by atoms with Crippen LogP contribution in [0.15, 0.2) is 145 Å². The van der Waals surface area contributed by atoms with Crippen LogP contribution in [0.2, 0.25) is 0 Å². The van der Waals surface area contributed by atoms with Crippen LogP contribution >= 0.6 is 15.9 Å². The van der Waals surface area contributed by atoms with E-state index in [0.717, 1.165) is 43.8 Å². The zero-order valence-corrected chi connectivity index (χ0v) is 22.4. The summed E-state index contributed by atoms with van der Waals surface area (Å²) in [7, 11) is 0. The number of rotatable bonds is 6. The Hall–Kier alpha value is -4.47. The van der Waals surface area contributed by atoms with Crippen LogP contribution in [0.25, 0.3) is 55.5 Å². The van der Waals surface area contributed by atoms with Crippen LogP contribution < -0.4 is 0 Å². The van der Waals surface area contributed by atoms with E-state index < -0.39 is 0 Å². The first-order valence-corrected chi connectivity index (χ1v) is 13.3. The average molecular weight is 554 g/mol. The van der Waals surface area contributed by atoms with Crippen molar-refractivity contribution in [1.29, 1.82) is 0 Å². The van der Waals surface area contributed by atoms with Crippen LogP contribution in [0.3, 0.4) is 0 Å². The van der Waals surface area contributed by atoms with Crippen molar-refractivity contribution in [2.24, 2.45) is 0 Å². The fourth-order valence-corrected chi connectivity index (χ4v) is 5.54. The van der Waals surface area contributed by atoms with E-state index >= 15 is 0 Å². The maximum Gasteiger partial charge on any atom is 0.0715 e. The van der Waals surface area contributed by atoms with E-state index in [9.17, 15) is 0 Å². The van der Waals surface area contributed by atoms with Gasteiger partial charge in [-0.25, -0.2) is 4.98 Å². The third-order valence-electron chi connectivity index (χ3n) is 6.76. The Morgan fingerprint density at radius 3 is 1.97 bits per heavy atom. The molecular weight excluding hydrogens is 528 g/mol. The molecule has 0 aliphatic carbocycles. The number of halogens is 1. The van der Waals surface area contributed by atoms with Crippen LogP contribution in [-0.2, 0) is 0 Å². The number of benzene rings is 4. The summed E-state index contributed by atoms with van der Waals surface area (Å²) in [6.45, 7) is 7.89. The lowest BCUT2D eigenvalue weighted by molar-refractivity contribution is 1.18. The minimum absolute atomic E-state index is 0.856. The molecule has 0 saturated carbocycles. The van der Waals surface area contributed by atoms with Gasteiger partial charge in [0.25, 0.3) is 0 Å². The van der Waals surface area contributed by atoms with E-state index in [0.29, 0.717) is 0 Å². The van der Waals surface area contributed by atoms with Crippen LogP contribution in [-0.4, -0.2) is 9.55 Å². The molecule has 2 aromatic heterocycles. The van der Waals surface area contributed by atoms with Gasteiger partial charge in [-0.05, 0) is 59.2 Å². The number of pyridine rings is 1. The average Bonchev–Trinajstić information content (AvgIpc) is 3.30. The lowest BCUT2D eigenvalue weighted by Crippen LogP contribution is -1.96. The molecule has 0 atom stereocenters. The minimum Gasteiger partial charge on any atom is -0.309 e. The number of aromatic nitrogens is 2. The summed E-state index contributed by atoms with van der Waals surface area (Å²) in [6.07, 6.45) is 5.54. The molecule has 6 aromatic rings. The van der Waals surface area contributed by atoms with Gasteiger partial charge in [-0.3, -0.25) is 0 Å². The lowest BCUT2D eigenvalue weighted by atomic mass is 9.99. The molecule has 3 heteroatoms. The predicted octanol–water partition coefficient (Wildman–Crippen LogP) is 10.0. The highest BCUT2D eigenvalue weighted by Gasteiger charge is 2.14. The van der Waals surface area contributed by atoms with E-state index in [2.05, 4.69) is 125 Å². The SMILES string of the molecule is C=C/C=C(\C=C)c1cc(-c2cc(Br)cc(-n3c4ccccc4c4ccccc43)c2)cc(-c2ccccc2)n1. The fraction of sp³-hybridized carbons (Fsp3) is 0. The molecule has 0 radical (unpaired) electrons. The molecule has 6 rings (SSSR count). The number of allylic oxidation sites excluding steroid dienone is 4. The third-order valence-corrected chi connectivity index (χ3v) is 7.22. The summed E-state index contributed by atoms with van der Waals surface area (Å²) in [4.78, 5) is 4.99. The Kier molecular flexibility index (Phi) is 6.36. The van der Waals surface area contributed by atoms with Gasteiger partial charge < -0.3 is 4.57 Å². The Bertz CT molecular complexity index is 1810. The number of hydrogen-bond acceptors (Lipinski definition) is 1. The van der Waals surface area contributed by atoms with Crippen LogP contribution in [0.1, 0.15) is 5.69 Å². The monoisotopic (exact) mass is 552 g/mol. The van der Waals surface area contributed by atoms with Gasteiger partial charge >= 0.3 is 0 Å². The van der Waals surface area contributed by atoms with Gasteiger partial charge in [0.05, 0.1) is 22.4 Å². The van der Waals surface area contributed by atoms with Crippen molar-refractivity contribution in [3.63, 3.8) is 0 Å². The molecule has 182 valence electrons. The summed E-state index contributed by atoms with van der Waals surface area (Å²) in [5.41, 5.74) is 9.39. The summed E-state index contributed by atoms with van der Waals surface area (Å²) in [5, 5.41) is 2.49. The second-order valence-electron chi connectivity index (χ2n) is 9.12. The maximum absolute atomic E-state index is 4.99. The van der Waals surface area contributed by atoms with E-state index in [1.165, 1.54) is 21.8 Å². The molecule has 0 aliphatic heterocycles. The predicted molar refractivity (Wildman–Crippen MR) is 166 cm³/mol. The summed E-state index contributed by atoms with van der Waals surface area (Å²) in [5.74, 6) is 0. The quantitative estimate of drug-likeness (QED) is 0.188. The highest BCUT2D eigenvalue weighted by molar-refractivity contribution is 9.10. The maximum atomic E-state index is 4.99. The van der Waals surface area contributed by atoms with Gasteiger partial charge in [-0.2, -0.15) is 0 Å². The molecule has 0 aliphatic rings. The fourth-order valence-electron chi connectivity index (χ4n) is 5.06. The van der Waals surface area contributed by atoms with Gasteiger partial charge in [0.15, 0.2) is 0 Å². The first-order chi connectivity index (χ1) is 18.7. The number of fused-ring (bicyclic) bond motifs is 3. The molecule has 0 unspecified atom stereocenters. The van der Waals surface area contributed by atoms with Gasteiger partial charge in [0, 0.05) is 26.5 Å². The summed E-state index contributed by atoms with van der Waals surface area (Å²) >= 11 is 3.80. The van der Waals surface area contributed by atoms with E-state index in [4.69, 9.17) is 4.98 Å². The topological polar surface area (TPSA) is 17.8 Å². The second kappa shape index (κ2) is 10.1. The van der Waals surface area contributed by atoms with Crippen molar-refractivity contribution in [2.75, 3.05) is 0 Å². The molecule has 4 aromatic carbocycles. The Balaban J connectivity index is 1.60. The van der Waals surface area contributed by atoms with Crippen molar-refractivity contribution in [1.82, 2.24) is 9.55 Å². The molecule has 2 nitrogen and oxygen atoms in total. The highest BCUT2D eigenvalue weighted by Crippen LogP contribution is 2.36. The van der Waals surface area contributed by atoms with Crippen LogP contribution in [0.5, 0.6) is 0 Å². The summed E-state index contributed by atoms with van der Waals surface area (Å²) < 4.78 is 3.35. The first kappa shape index (κ1) is 23.9. The van der Waals surface area contributed by atoms with Crippen molar-refractivity contribution >= 4 is 43.3 Å². The molecule has 38 heavy (non-hydrogen) atoms. The zero-order chi connectivity index (χ0) is 26.1. The summed E-state index contributed by atoms with van der Waals surface area (Å²) in [6, 6.07) is 38.3. The van der Waals surface area contributed by atoms with Crippen molar-refractivity contribution in [2.45, 2.75) is 0 Å². The van der Waals surface area contributed by atoms with Crippen LogP contribution in [0, 0.1) is 0 Å². The molecule has 0 fully saturated rings. The molecule has 2 heterocycles. The van der Waals surface area contributed by atoms with E-state index in [-0.39, 0.29) is 0 Å². The Labute approximate surface area is 231 Å². The first-order valence-electron chi connectivity index (χ1n) is 12.5. The van der Waals surface area contributed by atoms with Gasteiger partial charge in [-0.15, -0.1) is 0 Å². The Morgan fingerprint density at radius 1 is 0.684 bits per heavy atom. The molecule has 0 amide bonds. The van der Waals surface area contributed by atoms with Gasteiger partial charge in [0.2, 0.25) is 0 Å². The molecule has 0 spiro atoms. The molecule has 0 saturated heterocycles. The van der Waals surface area contributed by atoms with E-state index in [1.807, 2.05) is 30.4 Å². The normalized spacial score (nSPS) is 11.7. The third kappa shape index (κ3) is 4.31. The Morgan fingerprint density at radius 2 is 1.32 bits per heavy atom. The van der Waals surface area contributed by atoms with E-state index in [1.54, 1.807) is 6.08 Å². The minimum atomic E-state index is 0.856. The lowest BCUT2D eigenvalue weighted by Gasteiger charge is -2.14. The number of hydrogen-bond donors (Lipinski definition) is 0. The molecular formula is C35H25BrN2. The van der Waals surface area contributed by atoms with Crippen molar-refractivity contribution in [3.8, 4) is 28.1 Å². The molecule has 0 bridgehead atoms. The van der Waals surface area contributed by atoms with Crippen LogP contribution in [0.4, 0.5) is 0 Å². The largest absolute Gasteiger partial charge is 0.309 e. The number of nitrogens with zero attached hydrogens (tertiary/aromatic N) is 2. The van der Waals surface area contributed by atoms with Gasteiger partial charge in [0.1, 0.15) is 0 Å².